The van der Waals surface area contributed by atoms with Gasteiger partial charge in [-0.1, -0.05) is 97.1 Å². The van der Waals surface area contributed by atoms with Gasteiger partial charge in [0.15, 0.2) is 5.82 Å². The SMILES string of the molecule is c1ccc(-c2nc(-c3ccccc3)c3sc4cc(-n5c6ccccc6c6c7oc8ccccc8c7ccc65)ccc4c3n2)cc1. The Bertz CT molecular complexity index is 2760. The van der Waals surface area contributed by atoms with E-state index in [1.165, 1.54) is 10.1 Å². The van der Waals surface area contributed by atoms with Gasteiger partial charge in [-0.3, -0.25) is 0 Å². The Morgan fingerprint density at radius 1 is 0.556 bits per heavy atom. The molecular weight excluding hydrogens is 571 g/mol. The maximum absolute atomic E-state index is 6.51. The number of thiophene rings is 1. The first kappa shape index (κ1) is 24.6. The summed E-state index contributed by atoms with van der Waals surface area (Å²) < 4.78 is 11.1. The van der Waals surface area contributed by atoms with Gasteiger partial charge in [0.1, 0.15) is 11.2 Å². The molecule has 0 aliphatic heterocycles. The van der Waals surface area contributed by atoms with Crippen molar-refractivity contribution in [2.24, 2.45) is 0 Å². The average molecular weight is 594 g/mol. The van der Waals surface area contributed by atoms with Crippen molar-refractivity contribution >= 4 is 75.4 Å². The van der Waals surface area contributed by atoms with Crippen LogP contribution in [0.5, 0.6) is 0 Å². The number of para-hydroxylation sites is 2. The Morgan fingerprint density at radius 2 is 1.27 bits per heavy atom. The van der Waals surface area contributed by atoms with Crippen LogP contribution in [0.4, 0.5) is 0 Å². The summed E-state index contributed by atoms with van der Waals surface area (Å²) in [5, 5.41) is 5.74. The molecule has 0 spiro atoms. The van der Waals surface area contributed by atoms with Gasteiger partial charge in [0.05, 0.1) is 32.3 Å². The molecule has 210 valence electrons. The molecule has 4 nitrogen and oxygen atoms in total. The molecular formula is C40H23N3OS. The molecule has 0 N–H and O–H groups in total. The van der Waals surface area contributed by atoms with Gasteiger partial charge in [0, 0.05) is 43.1 Å². The maximum Gasteiger partial charge on any atom is 0.160 e. The van der Waals surface area contributed by atoms with E-state index in [1.807, 2.05) is 36.4 Å². The van der Waals surface area contributed by atoms with E-state index < -0.39 is 0 Å². The number of nitrogens with zero attached hydrogens (tertiary/aromatic N) is 3. The molecule has 0 fully saturated rings. The fourth-order valence-electron chi connectivity index (χ4n) is 6.79. The van der Waals surface area contributed by atoms with Crippen molar-refractivity contribution in [1.82, 2.24) is 14.5 Å². The number of benzene rings is 6. The van der Waals surface area contributed by atoms with Crippen LogP contribution in [0.1, 0.15) is 0 Å². The third-order valence-electron chi connectivity index (χ3n) is 8.82. The van der Waals surface area contributed by atoms with Gasteiger partial charge in [-0.05, 0) is 42.5 Å². The van der Waals surface area contributed by atoms with E-state index >= 15 is 0 Å². The minimum absolute atomic E-state index is 0.739. The Labute approximate surface area is 261 Å². The topological polar surface area (TPSA) is 43.9 Å². The van der Waals surface area contributed by atoms with Crippen LogP contribution in [0.2, 0.25) is 0 Å². The quantitative estimate of drug-likeness (QED) is 0.205. The summed E-state index contributed by atoms with van der Waals surface area (Å²) in [5.74, 6) is 0.739. The number of hydrogen-bond donors (Lipinski definition) is 0. The summed E-state index contributed by atoms with van der Waals surface area (Å²) in [6, 6.07) is 48.7. The van der Waals surface area contributed by atoms with Crippen LogP contribution in [-0.4, -0.2) is 14.5 Å². The summed E-state index contributed by atoms with van der Waals surface area (Å²) in [5.41, 5.74) is 9.27. The zero-order chi connectivity index (χ0) is 29.5. The van der Waals surface area contributed by atoms with Gasteiger partial charge < -0.3 is 8.98 Å². The van der Waals surface area contributed by atoms with E-state index in [9.17, 15) is 0 Å². The second kappa shape index (κ2) is 9.36. The van der Waals surface area contributed by atoms with Crippen LogP contribution in [0.3, 0.4) is 0 Å². The average Bonchev–Trinajstić information content (AvgIpc) is 3.77. The molecule has 0 saturated heterocycles. The van der Waals surface area contributed by atoms with E-state index in [0.717, 1.165) is 82.3 Å². The molecule has 0 amide bonds. The van der Waals surface area contributed by atoms with Crippen LogP contribution in [-0.2, 0) is 0 Å². The van der Waals surface area contributed by atoms with Crippen molar-refractivity contribution in [3.63, 3.8) is 0 Å². The molecule has 4 heterocycles. The largest absolute Gasteiger partial charge is 0.455 e. The zero-order valence-electron chi connectivity index (χ0n) is 23.9. The lowest BCUT2D eigenvalue weighted by Crippen LogP contribution is -1.94. The number of aromatic nitrogens is 3. The highest BCUT2D eigenvalue weighted by Gasteiger charge is 2.20. The predicted octanol–water partition coefficient (Wildman–Crippen LogP) is 11.2. The van der Waals surface area contributed by atoms with Gasteiger partial charge in [-0.2, -0.15) is 0 Å². The van der Waals surface area contributed by atoms with Crippen molar-refractivity contribution in [2.45, 2.75) is 0 Å². The molecule has 0 radical (unpaired) electrons. The maximum atomic E-state index is 6.51. The minimum atomic E-state index is 0.739. The third kappa shape index (κ3) is 3.59. The summed E-state index contributed by atoms with van der Waals surface area (Å²) in [6.45, 7) is 0. The standard InChI is InChI=1S/C40H23N3OS/c1-3-11-24(12-4-1)36-39-37(42-40(41-36)25-13-5-2-6-14-25)30-20-19-26(23-34(30)45-39)43-31-17-9-7-16-29(31)35-32(43)22-21-28-27-15-8-10-18-33(27)44-38(28)35/h1-23H. The van der Waals surface area contributed by atoms with Gasteiger partial charge in [0.2, 0.25) is 0 Å². The molecule has 0 aliphatic carbocycles. The highest BCUT2D eigenvalue weighted by Crippen LogP contribution is 2.43. The molecule has 6 aromatic carbocycles. The number of furan rings is 1. The van der Waals surface area contributed by atoms with Crippen molar-refractivity contribution in [3.8, 4) is 28.3 Å². The molecule has 0 unspecified atom stereocenters. The van der Waals surface area contributed by atoms with Gasteiger partial charge in [-0.25, -0.2) is 9.97 Å². The van der Waals surface area contributed by atoms with Crippen molar-refractivity contribution < 1.29 is 4.42 Å². The molecule has 0 saturated carbocycles. The minimum Gasteiger partial charge on any atom is -0.455 e. The Morgan fingerprint density at radius 3 is 2.11 bits per heavy atom. The van der Waals surface area contributed by atoms with Crippen LogP contribution in [0, 0.1) is 0 Å². The van der Waals surface area contributed by atoms with Crippen LogP contribution >= 0.6 is 11.3 Å². The molecule has 0 atom stereocenters. The summed E-state index contributed by atoms with van der Waals surface area (Å²) >= 11 is 1.76. The van der Waals surface area contributed by atoms with Crippen LogP contribution in [0.15, 0.2) is 144 Å². The molecule has 10 rings (SSSR count). The Hall–Kier alpha value is -5.78. The fraction of sp³-hybridized carbons (Fsp3) is 0. The van der Waals surface area contributed by atoms with E-state index in [0.29, 0.717) is 0 Å². The first-order valence-electron chi connectivity index (χ1n) is 15.0. The van der Waals surface area contributed by atoms with Crippen molar-refractivity contribution in [3.05, 3.63) is 140 Å². The third-order valence-corrected chi connectivity index (χ3v) is 9.96. The van der Waals surface area contributed by atoms with Crippen LogP contribution < -0.4 is 0 Å². The molecule has 4 aromatic heterocycles. The number of rotatable bonds is 3. The number of fused-ring (bicyclic) bond motifs is 10. The second-order valence-electron chi connectivity index (χ2n) is 11.4. The lowest BCUT2D eigenvalue weighted by molar-refractivity contribution is 0.673. The molecule has 0 bridgehead atoms. The summed E-state index contributed by atoms with van der Waals surface area (Å²) in [4.78, 5) is 10.3. The Balaban J connectivity index is 1.25. The smallest absolute Gasteiger partial charge is 0.160 e. The summed E-state index contributed by atoms with van der Waals surface area (Å²) in [7, 11) is 0. The Kier molecular flexibility index (Phi) is 5.12. The lowest BCUT2D eigenvalue weighted by atomic mass is 10.1. The van der Waals surface area contributed by atoms with E-state index in [2.05, 4.69) is 108 Å². The molecule has 5 heteroatoms. The van der Waals surface area contributed by atoms with Gasteiger partial charge in [-0.15, -0.1) is 11.3 Å². The highest BCUT2D eigenvalue weighted by molar-refractivity contribution is 7.26. The lowest BCUT2D eigenvalue weighted by Gasteiger charge is -2.08. The fourth-order valence-corrected chi connectivity index (χ4v) is 7.98. The first-order valence-corrected chi connectivity index (χ1v) is 15.8. The van der Waals surface area contributed by atoms with Gasteiger partial charge >= 0.3 is 0 Å². The molecule has 0 aliphatic rings. The van der Waals surface area contributed by atoms with E-state index in [4.69, 9.17) is 14.4 Å². The first-order chi connectivity index (χ1) is 22.3. The monoisotopic (exact) mass is 593 g/mol. The second-order valence-corrected chi connectivity index (χ2v) is 12.4. The van der Waals surface area contributed by atoms with Gasteiger partial charge in [0.25, 0.3) is 0 Å². The molecule has 10 aromatic rings. The number of hydrogen-bond acceptors (Lipinski definition) is 4. The highest BCUT2D eigenvalue weighted by atomic mass is 32.1. The zero-order valence-corrected chi connectivity index (χ0v) is 24.8. The predicted molar refractivity (Wildman–Crippen MR) is 187 cm³/mol. The van der Waals surface area contributed by atoms with Crippen LogP contribution in [0.25, 0.3) is 92.4 Å². The molecule has 45 heavy (non-hydrogen) atoms. The van der Waals surface area contributed by atoms with E-state index in [1.54, 1.807) is 11.3 Å². The normalized spacial score (nSPS) is 12.0. The van der Waals surface area contributed by atoms with Crippen molar-refractivity contribution in [2.75, 3.05) is 0 Å². The van der Waals surface area contributed by atoms with E-state index in [-0.39, 0.29) is 0 Å². The summed E-state index contributed by atoms with van der Waals surface area (Å²) in [6.07, 6.45) is 0. The van der Waals surface area contributed by atoms with Crippen molar-refractivity contribution in [1.29, 1.82) is 0 Å².